The summed E-state index contributed by atoms with van der Waals surface area (Å²) in [7, 11) is 0. The summed E-state index contributed by atoms with van der Waals surface area (Å²) in [6.45, 7) is 5.09. The molecule has 0 spiro atoms. The van der Waals surface area contributed by atoms with Crippen LogP contribution in [-0.4, -0.2) is 25.5 Å². The monoisotopic (exact) mass is 455 g/mol. The number of aryl methyl sites for hydroxylation is 3. The number of hydrogen-bond acceptors (Lipinski definition) is 4. The van der Waals surface area contributed by atoms with Crippen molar-refractivity contribution in [2.24, 2.45) is 0 Å². The van der Waals surface area contributed by atoms with E-state index in [0.29, 0.717) is 11.1 Å². The van der Waals surface area contributed by atoms with Crippen LogP contribution in [0.25, 0.3) is 16.6 Å². The van der Waals surface area contributed by atoms with Crippen LogP contribution in [0.3, 0.4) is 0 Å². The molecule has 0 saturated carbocycles. The lowest BCUT2D eigenvalue weighted by molar-refractivity contribution is -0.137. The van der Waals surface area contributed by atoms with Crippen LogP contribution in [0.2, 0.25) is 0 Å². The van der Waals surface area contributed by atoms with Gasteiger partial charge in [-0.05, 0) is 50.6 Å². The average molecular weight is 455 g/mol. The number of aromatic nitrogens is 4. The number of rotatable bonds is 4. The minimum Gasteiger partial charge on any atom is -0.324 e. The van der Waals surface area contributed by atoms with Crippen LogP contribution in [0, 0.1) is 20.8 Å². The van der Waals surface area contributed by atoms with E-state index in [1.165, 1.54) is 16.8 Å². The Morgan fingerprint density at radius 1 is 1.09 bits per heavy atom. The predicted octanol–water partition coefficient (Wildman–Crippen LogP) is 4.16. The van der Waals surface area contributed by atoms with Gasteiger partial charge in [-0.25, -0.2) is 9.36 Å². The van der Waals surface area contributed by atoms with E-state index in [2.05, 4.69) is 15.5 Å². The fraction of sp³-hybridized carbons (Fsp3) is 0.217. The number of halogens is 3. The van der Waals surface area contributed by atoms with E-state index < -0.39 is 29.8 Å². The van der Waals surface area contributed by atoms with Crippen LogP contribution in [-0.2, 0) is 17.5 Å². The van der Waals surface area contributed by atoms with Crippen LogP contribution >= 0.6 is 0 Å². The number of carbonyl (C=O) groups is 1. The fourth-order valence-electron chi connectivity index (χ4n) is 3.66. The summed E-state index contributed by atoms with van der Waals surface area (Å²) in [6, 6.07) is 10.0. The Morgan fingerprint density at radius 3 is 2.55 bits per heavy atom. The number of benzene rings is 2. The van der Waals surface area contributed by atoms with Gasteiger partial charge in [0.1, 0.15) is 12.1 Å². The molecule has 1 N–H and O–H groups in total. The molecule has 0 bridgehead atoms. The second-order valence-electron chi connectivity index (χ2n) is 7.78. The van der Waals surface area contributed by atoms with E-state index in [-0.39, 0.29) is 11.2 Å². The summed E-state index contributed by atoms with van der Waals surface area (Å²) in [5.74, 6) is -0.680. The first-order chi connectivity index (χ1) is 15.5. The molecule has 0 aliphatic rings. The smallest absolute Gasteiger partial charge is 0.324 e. The van der Waals surface area contributed by atoms with Crippen molar-refractivity contribution in [3.63, 3.8) is 0 Å². The van der Waals surface area contributed by atoms with Crippen molar-refractivity contribution in [3.05, 3.63) is 81.4 Å². The van der Waals surface area contributed by atoms with Crippen molar-refractivity contribution in [3.8, 4) is 5.69 Å². The highest BCUT2D eigenvalue weighted by Crippen LogP contribution is 2.30. The first-order valence-electron chi connectivity index (χ1n) is 10.0. The van der Waals surface area contributed by atoms with Gasteiger partial charge in [-0.2, -0.15) is 23.4 Å². The van der Waals surface area contributed by atoms with Gasteiger partial charge in [-0.1, -0.05) is 23.8 Å². The molecule has 2 aromatic carbocycles. The molecule has 1 amide bonds. The van der Waals surface area contributed by atoms with Gasteiger partial charge in [0, 0.05) is 11.1 Å². The molecule has 33 heavy (non-hydrogen) atoms. The molecule has 7 nitrogen and oxygen atoms in total. The molecule has 0 aliphatic heterocycles. The summed E-state index contributed by atoms with van der Waals surface area (Å²) in [5, 5.41) is 11.5. The standard InChI is InChI=1S/C23H20F3N5O2/c1-13-7-8-19(14(2)9-13)31-21-18(11-27-31)15(3)29-30(22(21)33)12-20(32)28-17-6-4-5-16(10-17)23(24,25)26/h4-11H,12H2,1-3H3,(H,28,32). The van der Waals surface area contributed by atoms with Crippen LogP contribution in [0.4, 0.5) is 18.9 Å². The molecule has 0 unspecified atom stereocenters. The molecule has 0 atom stereocenters. The molecule has 0 fully saturated rings. The molecule has 4 aromatic rings. The Bertz CT molecular complexity index is 1440. The summed E-state index contributed by atoms with van der Waals surface area (Å²) in [6.07, 6.45) is -2.99. The third-order valence-electron chi connectivity index (χ3n) is 5.21. The lowest BCUT2D eigenvalue weighted by Crippen LogP contribution is -2.31. The van der Waals surface area contributed by atoms with Gasteiger partial charge in [0.2, 0.25) is 5.91 Å². The molecule has 10 heteroatoms. The third-order valence-corrected chi connectivity index (χ3v) is 5.21. The Morgan fingerprint density at radius 2 is 1.85 bits per heavy atom. The van der Waals surface area contributed by atoms with E-state index in [4.69, 9.17) is 0 Å². The first-order valence-corrected chi connectivity index (χ1v) is 10.0. The van der Waals surface area contributed by atoms with Gasteiger partial charge in [0.15, 0.2) is 0 Å². The fourth-order valence-corrected chi connectivity index (χ4v) is 3.66. The second-order valence-corrected chi connectivity index (χ2v) is 7.78. The third kappa shape index (κ3) is 4.36. The summed E-state index contributed by atoms with van der Waals surface area (Å²) >= 11 is 0. The van der Waals surface area contributed by atoms with Crippen LogP contribution in [0.5, 0.6) is 0 Å². The molecule has 0 aliphatic carbocycles. The maximum Gasteiger partial charge on any atom is 0.416 e. The maximum absolute atomic E-state index is 13.2. The van der Waals surface area contributed by atoms with Crippen molar-refractivity contribution in [2.45, 2.75) is 33.5 Å². The molecular weight excluding hydrogens is 435 g/mol. The van der Waals surface area contributed by atoms with Crippen molar-refractivity contribution in [1.82, 2.24) is 19.6 Å². The van der Waals surface area contributed by atoms with E-state index >= 15 is 0 Å². The molecule has 4 rings (SSSR count). The minimum atomic E-state index is -4.53. The summed E-state index contributed by atoms with van der Waals surface area (Å²) in [4.78, 5) is 25.7. The second kappa shape index (κ2) is 8.19. The molecule has 2 heterocycles. The topological polar surface area (TPSA) is 81.8 Å². The van der Waals surface area contributed by atoms with Gasteiger partial charge in [0.25, 0.3) is 5.56 Å². The van der Waals surface area contributed by atoms with Crippen molar-refractivity contribution >= 4 is 22.5 Å². The number of carbonyl (C=O) groups excluding carboxylic acids is 1. The first kappa shape index (κ1) is 22.3. The lowest BCUT2D eigenvalue weighted by atomic mass is 10.1. The van der Waals surface area contributed by atoms with E-state index in [1.807, 2.05) is 32.0 Å². The maximum atomic E-state index is 13.2. The zero-order valence-electron chi connectivity index (χ0n) is 18.1. The average Bonchev–Trinajstić information content (AvgIpc) is 3.17. The highest BCUT2D eigenvalue weighted by molar-refractivity contribution is 5.91. The van der Waals surface area contributed by atoms with E-state index in [9.17, 15) is 22.8 Å². The normalized spacial score (nSPS) is 11.7. The SMILES string of the molecule is Cc1ccc(-n2ncc3c(C)nn(CC(=O)Nc4cccc(C(F)(F)F)c4)c(=O)c32)c(C)c1. The van der Waals surface area contributed by atoms with Gasteiger partial charge in [-0.15, -0.1) is 0 Å². The zero-order valence-corrected chi connectivity index (χ0v) is 18.1. The van der Waals surface area contributed by atoms with Gasteiger partial charge in [0.05, 0.1) is 23.1 Å². The van der Waals surface area contributed by atoms with Gasteiger partial charge in [-0.3, -0.25) is 9.59 Å². The Labute approximate surface area is 186 Å². The molecule has 0 radical (unpaired) electrons. The number of nitrogens with zero attached hydrogens (tertiary/aromatic N) is 4. The van der Waals surface area contributed by atoms with Gasteiger partial charge < -0.3 is 5.32 Å². The highest BCUT2D eigenvalue weighted by atomic mass is 19.4. The molecule has 170 valence electrons. The predicted molar refractivity (Wildman–Crippen MR) is 117 cm³/mol. The molecule has 2 aromatic heterocycles. The van der Waals surface area contributed by atoms with Crippen LogP contribution in [0.15, 0.2) is 53.5 Å². The van der Waals surface area contributed by atoms with Crippen molar-refractivity contribution < 1.29 is 18.0 Å². The number of amides is 1. The molecular formula is C23H20F3N5O2. The summed E-state index contributed by atoms with van der Waals surface area (Å²) < 4.78 is 41.3. The van der Waals surface area contributed by atoms with E-state index in [0.717, 1.165) is 33.6 Å². The quantitative estimate of drug-likeness (QED) is 0.501. The highest BCUT2D eigenvalue weighted by Gasteiger charge is 2.30. The van der Waals surface area contributed by atoms with Crippen molar-refractivity contribution in [2.75, 3.05) is 5.32 Å². The minimum absolute atomic E-state index is 0.0269. The van der Waals surface area contributed by atoms with E-state index in [1.54, 1.807) is 13.1 Å². The van der Waals surface area contributed by atoms with Gasteiger partial charge >= 0.3 is 6.18 Å². The van der Waals surface area contributed by atoms with Crippen LogP contribution < -0.4 is 10.9 Å². The number of nitrogens with one attached hydrogen (secondary N) is 1. The zero-order chi connectivity index (χ0) is 23.9. The van der Waals surface area contributed by atoms with Crippen LogP contribution in [0.1, 0.15) is 22.4 Å². The molecule has 0 saturated heterocycles. The Hall–Kier alpha value is -3.95. The number of anilines is 1. The Balaban J connectivity index is 1.68. The largest absolute Gasteiger partial charge is 0.416 e. The lowest BCUT2D eigenvalue weighted by Gasteiger charge is -2.12. The number of fused-ring (bicyclic) bond motifs is 1. The summed E-state index contributed by atoms with van der Waals surface area (Å²) in [5.41, 5.74) is 2.02. The number of alkyl halides is 3. The number of hydrogen-bond donors (Lipinski definition) is 1. The van der Waals surface area contributed by atoms with Crippen molar-refractivity contribution in [1.29, 1.82) is 0 Å². The Kier molecular flexibility index (Phi) is 5.52.